The van der Waals surface area contributed by atoms with Crippen LogP contribution in [-0.2, 0) is 0 Å². The zero-order chi connectivity index (χ0) is 20.5. The molecule has 160 valence electrons. The van der Waals surface area contributed by atoms with Crippen LogP contribution in [0.5, 0.6) is 0 Å². The Hall–Kier alpha value is -1.15. The molecule has 0 aliphatic rings. The maximum atomic E-state index is 12.6. The van der Waals surface area contributed by atoms with Crippen LogP contribution in [0.15, 0.2) is 30.3 Å². The second-order valence-corrected chi connectivity index (χ2v) is 8.40. The van der Waals surface area contributed by atoms with Crippen molar-refractivity contribution in [2.75, 3.05) is 0 Å². The first-order valence-electron chi connectivity index (χ1n) is 12.0. The van der Waals surface area contributed by atoms with Crippen molar-refractivity contribution in [3.05, 3.63) is 35.9 Å². The highest BCUT2D eigenvalue weighted by Crippen LogP contribution is 2.24. The molecule has 0 saturated carbocycles. The van der Waals surface area contributed by atoms with E-state index in [1.807, 2.05) is 30.3 Å². The summed E-state index contributed by atoms with van der Waals surface area (Å²) in [5.74, 6) is -0.00371. The van der Waals surface area contributed by atoms with Crippen LogP contribution in [-0.4, -0.2) is 17.0 Å². The largest absolute Gasteiger partial charge is 0.385 e. The van der Waals surface area contributed by atoms with Gasteiger partial charge in [0.1, 0.15) is 6.10 Å². The number of Topliss-reactive ketones (excluding diaryl/α,β-unsaturated/α-hetero) is 1. The second kappa shape index (κ2) is 16.8. The van der Waals surface area contributed by atoms with Crippen molar-refractivity contribution < 1.29 is 9.90 Å². The Morgan fingerprint density at radius 2 is 1.18 bits per heavy atom. The van der Waals surface area contributed by atoms with Gasteiger partial charge >= 0.3 is 0 Å². The molecule has 2 nitrogen and oxygen atoms in total. The number of unbranched alkanes of at least 4 members (excludes halogenated alkanes) is 11. The predicted octanol–water partition coefficient (Wildman–Crippen LogP) is 7.74. The average Bonchev–Trinajstić information content (AvgIpc) is 2.73. The Kier molecular flexibility index (Phi) is 14.9. The predicted molar refractivity (Wildman–Crippen MR) is 121 cm³/mol. The number of benzene rings is 1. The Labute approximate surface area is 174 Å². The summed E-state index contributed by atoms with van der Waals surface area (Å²) in [5.41, 5.74) is 0.635. The van der Waals surface area contributed by atoms with Crippen LogP contribution in [0.4, 0.5) is 0 Å². The third-order valence-electron chi connectivity index (χ3n) is 5.88. The molecule has 2 heteroatoms. The van der Waals surface area contributed by atoms with Gasteiger partial charge in [0.05, 0.1) is 0 Å². The summed E-state index contributed by atoms with van der Waals surface area (Å²) in [6.07, 6.45) is 17.9. The van der Waals surface area contributed by atoms with E-state index in [0.29, 0.717) is 5.56 Å². The van der Waals surface area contributed by atoms with Gasteiger partial charge in [0.2, 0.25) is 0 Å². The van der Waals surface area contributed by atoms with Gasteiger partial charge < -0.3 is 5.11 Å². The highest BCUT2D eigenvalue weighted by atomic mass is 16.3. The van der Waals surface area contributed by atoms with Crippen LogP contribution in [0, 0.1) is 5.92 Å². The molecule has 0 radical (unpaired) electrons. The molecular formula is C26H44O2. The van der Waals surface area contributed by atoms with Gasteiger partial charge in [-0.15, -0.1) is 0 Å². The quantitative estimate of drug-likeness (QED) is 0.206. The fourth-order valence-corrected chi connectivity index (χ4v) is 3.98. The van der Waals surface area contributed by atoms with Gasteiger partial charge in [-0.1, -0.05) is 128 Å². The SMILES string of the molecule is CCCCCCCCCCCCCC(CCCC)C(O)C(=O)c1ccccc1. The Bertz CT molecular complexity index is 482. The summed E-state index contributed by atoms with van der Waals surface area (Å²) in [4.78, 5) is 12.6. The number of carbonyl (C=O) groups excluding carboxylic acids is 1. The first kappa shape index (κ1) is 24.9. The molecule has 0 amide bonds. The summed E-state index contributed by atoms with van der Waals surface area (Å²) >= 11 is 0. The molecule has 0 fully saturated rings. The van der Waals surface area contributed by atoms with E-state index >= 15 is 0 Å². The fraction of sp³-hybridized carbons (Fsp3) is 0.731. The molecule has 1 rings (SSSR count). The standard InChI is InChI=1S/C26H44O2/c1-3-5-7-8-9-10-11-12-13-14-16-20-23(19-6-4-2)25(27)26(28)24-21-17-15-18-22-24/h15,17-18,21-23,25,27H,3-14,16,19-20H2,1-2H3. The summed E-state index contributed by atoms with van der Waals surface area (Å²) in [7, 11) is 0. The van der Waals surface area contributed by atoms with Crippen LogP contribution in [0.25, 0.3) is 0 Å². The van der Waals surface area contributed by atoms with Crippen molar-refractivity contribution in [1.29, 1.82) is 0 Å². The van der Waals surface area contributed by atoms with E-state index in [-0.39, 0.29) is 11.7 Å². The van der Waals surface area contributed by atoms with Gasteiger partial charge in [0, 0.05) is 5.56 Å². The van der Waals surface area contributed by atoms with Gasteiger partial charge in [-0.25, -0.2) is 0 Å². The smallest absolute Gasteiger partial charge is 0.191 e. The zero-order valence-corrected chi connectivity index (χ0v) is 18.5. The molecule has 0 saturated heterocycles. The lowest BCUT2D eigenvalue weighted by Crippen LogP contribution is -2.30. The van der Waals surface area contributed by atoms with Gasteiger partial charge in [0.15, 0.2) is 5.78 Å². The minimum Gasteiger partial charge on any atom is -0.385 e. The molecule has 28 heavy (non-hydrogen) atoms. The lowest BCUT2D eigenvalue weighted by atomic mass is 9.86. The minimum atomic E-state index is -0.850. The molecule has 0 heterocycles. The van der Waals surface area contributed by atoms with Crippen LogP contribution in [0.1, 0.15) is 121 Å². The third kappa shape index (κ3) is 11.0. The van der Waals surface area contributed by atoms with Crippen molar-refractivity contribution in [3.8, 4) is 0 Å². The molecule has 0 aliphatic carbocycles. The number of aliphatic hydroxyl groups excluding tert-OH is 1. The number of carbonyl (C=O) groups is 1. The minimum absolute atomic E-state index is 0.103. The lowest BCUT2D eigenvalue weighted by molar-refractivity contribution is 0.0563. The molecule has 0 bridgehead atoms. The summed E-state index contributed by atoms with van der Waals surface area (Å²) < 4.78 is 0. The van der Waals surface area contributed by atoms with E-state index in [0.717, 1.165) is 32.1 Å². The molecule has 0 aliphatic heterocycles. The van der Waals surface area contributed by atoms with E-state index in [4.69, 9.17) is 0 Å². The number of ketones is 1. The first-order chi connectivity index (χ1) is 13.7. The van der Waals surface area contributed by atoms with Gasteiger partial charge in [0.25, 0.3) is 0 Å². The first-order valence-corrected chi connectivity index (χ1v) is 12.0. The van der Waals surface area contributed by atoms with Gasteiger partial charge in [-0.3, -0.25) is 4.79 Å². The van der Waals surface area contributed by atoms with Crippen LogP contribution < -0.4 is 0 Å². The van der Waals surface area contributed by atoms with Gasteiger partial charge in [-0.2, -0.15) is 0 Å². The van der Waals surface area contributed by atoms with E-state index in [1.165, 1.54) is 64.2 Å². The van der Waals surface area contributed by atoms with Crippen molar-refractivity contribution in [2.45, 2.75) is 116 Å². The average molecular weight is 389 g/mol. The third-order valence-corrected chi connectivity index (χ3v) is 5.88. The fourth-order valence-electron chi connectivity index (χ4n) is 3.98. The Balaban J connectivity index is 2.23. The molecule has 2 unspecified atom stereocenters. The number of hydrogen-bond donors (Lipinski definition) is 1. The monoisotopic (exact) mass is 388 g/mol. The molecule has 0 aromatic heterocycles. The molecule has 1 aromatic carbocycles. The molecule has 2 atom stereocenters. The highest BCUT2D eigenvalue weighted by Gasteiger charge is 2.26. The Morgan fingerprint density at radius 1 is 0.714 bits per heavy atom. The molecular weight excluding hydrogens is 344 g/mol. The van der Waals surface area contributed by atoms with Crippen LogP contribution in [0.3, 0.4) is 0 Å². The van der Waals surface area contributed by atoms with E-state index in [2.05, 4.69) is 13.8 Å². The second-order valence-electron chi connectivity index (χ2n) is 8.40. The Morgan fingerprint density at radius 3 is 1.71 bits per heavy atom. The molecule has 1 aromatic rings. The lowest BCUT2D eigenvalue weighted by Gasteiger charge is -2.22. The van der Waals surface area contributed by atoms with Crippen LogP contribution in [0.2, 0.25) is 0 Å². The van der Waals surface area contributed by atoms with E-state index < -0.39 is 6.10 Å². The molecule has 1 N–H and O–H groups in total. The van der Waals surface area contributed by atoms with Crippen molar-refractivity contribution >= 4 is 5.78 Å². The summed E-state index contributed by atoms with van der Waals surface area (Å²) in [6.45, 7) is 4.44. The zero-order valence-electron chi connectivity index (χ0n) is 18.5. The normalized spacial score (nSPS) is 13.4. The highest BCUT2D eigenvalue weighted by molar-refractivity contribution is 5.99. The maximum Gasteiger partial charge on any atom is 0.191 e. The number of rotatable bonds is 18. The van der Waals surface area contributed by atoms with E-state index in [9.17, 15) is 9.90 Å². The molecule has 0 spiro atoms. The van der Waals surface area contributed by atoms with Crippen molar-refractivity contribution in [3.63, 3.8) is 0 Å². The summed E-state index contributed by atoms with van der Waals surface area (Å²) in [5, 5.41) is 10.7. The van der Waals surface area contributed by atoms with Crippen LogP contribution >= 0.6 is 0 Å². The van der Waals surface area contributed by atoms with E-state index in [1.54, 1.807) is 0 Å². The van der Waals surface area contributed by atoms with Crippen molar-refractivity contribution in [1.82, 2.24) is 0 Å². The number of aliphatic hydroxyl groups is 1. The van der Waals surface area contributed by atoms with Gasteiger partial charge in [-0.05, 0) is 18.8 Å². The topological polar surface area (TPSA) is 37.3 Å². The summed E-state index contributed by atoms with van der Waals surface area (Å²) in [6, 6.07) is 9.26. The maximum absolute atomic E-state index is 12.6. The van der Waals surface area contributed by atoms with Crippen molar-refractivity contribution in [2.24, 2.45) is 5.92 Å². The number of hydrogen-bond acceptors (Lipinski definition) is 2.